The Kier molecular flexibility index (Phi) is 4.72. The molecule has 0 aliphatic rings. The molecule has 0 bridgehead atoms. The first-order valence-corrected chi connectivity index (χ1v) is 7.86. The van der Waals surface area contributed by atoms with Gasteiger partial charge in [-0.25, -0.2) is 14.3 Å². The summed E-state index contributed by atoms with van der Waals surface area (Å²) in [5.41, 5.74) is 0.464. The van der Waals surface area contributed by atoms with E-state index in [0.29, 0.717) is 34.6 Å². The van der Waals surface area contributed by atoms with E-state index in [4.69, 9.17) is 4.74 Å². The molecular weight excluding hydrogens is 316 g/mol. The number of benzene rings is 1. The third-order valence-electron chi connectivity index (χ3n) is 2.94. The van der Waals surface area contributed by atoms with Crippen molar-refractivity contribution >= 4 is 23.5 Å². The predicted molar refractivity (Wildman–Crippen MR) is 84.8 cm³/mol. The van der Waals surface area contributed by atoms with Gasteiger partial charge in [-0.1, -0.05) is 17.8 Å². The van der Waals surface area contributed by atoms with Gasteiger partial charge >= 0.3 is 5.97 Å². The van der Waals surface area contributed by atoms with Crippen molar-refractivity contribution in [1.82, 2.24) is 19.6 Å². The number of thioether (sulfide) groups is 1. The van der Waals surface area contributed by atoms with Gasteiger partial charge in [0.25, 0.3) is 5.78 Å². The highest BCUT2D eigenvalue weighted by Crippen LogP contribution is 2.16. The first-order valence-electron chi connectivity index (χ1n) is 6.87. The molecule has 0 radical (unpaired) electrons. The third kappa shape index (κ3) is 3.78. The molecule has 0 fully saturated rings. The first-order chi connectivity index (χ1) is 11.3. The minimum atomic E-state index is -0.383. The minimum Gasteiger partial charge on any atom is -0.493 e. The lowest BCUT2D eigenvalue weighted by Gasteiger charge is -2.06. The number of hydrogen-bond donors (Lipinski definition) is 0. The molecule has 0 aliphatic heterocycles. The van der Waals surface area contributed by atoms with Crippen molar-refractivity contribution in [2.75, 3.05) is 19.5 Å². The van der Waals surface area contributed by atoms with Crippen LogP contribution in [0, 0.1) is 0 Å². The number of aromatic nitrogens is 4. The van der Waals surface area contributed by atoms with Gasteiger partial charge in [0.2, 0.25) is 5.16 Å². The van der Waals surface area contributed by atoms with Crippen molar-refractivity contribution in [3.8, 4) is 5.75 Å². The number of fused-ring (bicyclic) bond motifs is 1. The fourth-order valence-corrected chi connectivity index (χ4v) is 2.54. The summed E-state index contributed by atoms with van der Waals surface area (Å²) in [5, 5.41) is 4.94. The van der Waals surface area contributed by atoms with Crippen LogP contribution < -0.4 is 4.74 Å². The van der Waals surface area contributed by atoms with Crippen molar-refractivity contribution < 1.29 is 14.3 Å². The lowest BCUT2D eigenvalue weighted by molar-refractivity contribution is 0.0600. The number of carbonyl (C=O) groups excluding carboxylic acids is 1. The molecule has 0 spiro atoms. The second kappa shape index (κ2) is 7.10. The highest BCUT2D eigenvalue weighted by atomic mass is 32.2. The zero-order chi connectivity index (χ0) is 16.1. The van der Waals surface area contributed by atoms with Crippen molar-refractivity contribution in [3.63, 3.8) is 0 Å². The Morgan fingerprint density at radius 2 is 2.26 bits per heavy atom. The zero-order valence-electron chi connectivity index (χ0n) is 12.4. The summed E-state index contributed by atoms with van der Waals surface area (Å²) in [6.45, 7) is 0.471. The largest absolute Gasteiger partial charge is 0.493 e. The van der Waals surface area contributed by atoms with Crippen LogP contribution in [0.4, 0.5) is 0 Å². The topological polar surface area (TPSA) is 78.6 Å². The highest BCUT2D eigenvalue weighted by molar-refractivity contribution is 7.99. The van der Waals surface area contributed by atoms with Gasteiger partial charge in [0.1, 0.15) is 5.75 Å². The molecule has 2 aromatic heterocycles. The molecule has 2 heterocycles. The van der Waals surface area contributed by atoms with Crippen molar-refractivity contribution in [1.29, 1.82) is 0 Å². The second-order valence-electron chi connectivity index (χ2n) is 4.47. The molecule has 0 atom stereocenters. The van der Waals surface area contributed by atoms with Gasteiger partial charge in [-0.05, 0) is 24.3 Å². The average molecular weight is 330 g/mol. The molecule has 0 saturated carbocycles. The van der Waals surface area contributed by atoms with Gasteiger partial charge in [0, 0.05) is 18.1 Å². The summed E-state index contributed by atoms with van der Waals surface area (Å²) in [7, 11) is 1.35. The summed E-state index contributed by atoms with van der Waals surface area (Å²) in [5.74, 6) is 1.49. The van der Waals surface area contributed by atoms with Crippen LogP contribution in [0.15, 0.2) is 47.9 Å². The molecule has 3 rings (SSSR count). The van der Waals surface area contributed by atoms with Crippen LogP contribution >= 0.6 is 11.8 Å². The number of rotatable bonds is 6. The summed E-state index contributed by atoms with van der Waals surface area (Å²) >= 11 is 1.48. The Labute approximate surface area is 136 Å². The molecule has 0 N–H and O–H groups in total. The molecular formula is C15H14N4O3S. The quantitative estimate of drug-likeness (QED) is 0.389. The number of ether oxygens (including phenoxy) is 2. The molecule has 23 heavy (non-hydrogen) atoms. The van der Waals surface area contributed by atoms with Crippen molar-refractivity contribution in [2.45, 2.75) is 5.16 Å². The van der Waals surface area contributed by atoms with Gasteiger partial charge < -0.3 is 9.47 Å². The van der Waals surface area contributed by atoms with Crippen LogP contribution in [-0.4, -0.2) is 45.0 Å². The monoisotopic (exact) mass is 330 g/mol. The predicted octanol–water partition coefficient (Wildman–Crippen LogP) is 2.08. The van der Waals surface area contributed by atoms with E-state index in [-0.39, 0.29) is 5.97 Å². The van der Waals surface area contributed by atoms with Gasteiger partial charge in [-0.2, -0.15) is 4.98 Å². The Morgan fingerprint density at radius 1 is 1.35 bits per heavy atom. The summed E-state index contributed by atoms with van der Waals surface area (Å²) in [6.07, 6.45) is 3.48. The van der Waals surface area contributed by atoms with Crippen molar-refractivity contribution in [3.05, 3.63) is 48.3 Å². The van der Waals surface area contributed by atoms with Crippen LogP contribution in [0.3, 0.4) is 0 Å². The standard InChI is InChI=1S/C15H14N4O3S/c1-21-13(20)11-4-2-5-12(10-11)22-8-9-23-15-17-14-16-6-3-7-19(14)18-15/h2-7,10H,8-9H2,1H3. The second-order valence-corrected chi connectivity index (χ2v) is 5.54. The Bertz CT molecular complexity index is 788. The maximum atomic E-state index is 11.5. The van der Waals surface area contributed by atoms with E-state index in [1.807, 2.05) is 0 Å². The molecule has 0 unspecified atom stereocenters. The number of nitrogens with zero attached hydrogens (tertiary/aromatic N) is 4. The van der Waals surface area contributed by atoms with Crippen LogP contribution in [-0.2, 0) is 4.74 Å². The molecule has 0 saturated heterocycles. The van der Waals surface area contributed by atoms with E-state index in [2.05, 4.69) is 19.8 Å². The van der Waals surface area contributed by atoms with E-state index in [0.717, 1.165) is 0 Å². The van der Waals surface area contributed by atoms with Crippen LogP contribution in [0.1, 0.15) is 10.4 Å². The van der Waals surface area contributed by atoms with E-state index < -0.39 is 0 Å². The number of carbonyl (C=O) groups is 1. The average Bonchev–Trinajstić information content (AvgIpc) is 3.01. The van der Waals surface area contributed by atoms with E-state index >= 15 is 0 Å². The summed E-state index contributed by atoms with van der Waals surface area (Å²) in [6, 6.07) is 8.69. The molecule has 8 heteroatoms. The number of esters is 1. The Hall–Kier alpha value is -2.61. The molecule has 1 aromatic carbocycles. The summed E-state index contributed by atoms with van der Waals surface area (Å²) in [4.78, 5) is 19.9. The SMILES string of the molecule is COC(=O)c1cccc(OCCSc2nc3ncccn3n2)c1. The van der Waals surface area contributed by atoms with E-state index in [1.165, 1.54) is 18.9 Å². The zero-order valence-corrected chi connectivity index (χ0v) is 13.2. The van der Waals surface area contributed by atoms with Gasteiger partial charge in [0.05, 0.1) is 19.3 Å². The van der Waals surface area contributed by atoms with Crippen LogP contribution in [0.25, 0.3) is 5.78 Å². The number of hydrogen-bond acceptors (Lipinski definition) is 7. The van der Waals surface area contributed by atoms with E-state index in [1.54, 1.807) is 47.2 Å². The van der Waals surface area contributed by atoms with Crippen LogP contribution in [0.5, 0.6) is 5.75 Å². The van der Waals surface area contributed by atoms with Gasteiger partial charge in [0.15, 0.2) is 0 Å². The molecule has 3 aromatic rings. The van der Waals surface area contributed by atoms with Gasteiger partial charge in [-0.15, -0.1) is 5.10 Å². The fourth-order valence-electron chi connectivity index (χ4n) is 1.90. The lowest BCUT2D eigenvalue weighted by atomic mass is 10.2. The Morgan fingerprint density at radius 3 is 3.09 bits per heavy atom. The minimum absolute atomic E-state index is 0.383. The highest BCUT2D eigenvalue weighted by Gasteiger charge is 2.07. The maximum absolute atomic E-state index is 11.5. The smallest absolute Gasteiger partial charge is 0.337 e. The molecule has 0 amide bonds. The fraction of sp³-hybridized carbons (Fsp3) is 0.200. The maximum Gasteiger partial charge on any atom is 0.337 e. The Balaban J connectivity index is 1.52. The molecule has 7 nitrogen and oxygen atoms in total. The normalized spacial score (nSPS) is 10.7. The van der Waals surface area contributed by atoms with Crippen molar-refractivity contribution in [2.24, 2.45) is 0 Å². The number of methoxy groups -OCH3 is 1. The van der Waals surface area contributed by atoms with Crippen LogP contribution in [0.2, 0.25) is 0 Å². The third-order valence-corrected chi connectivity index (χ3v) is 3.74. The summed E-state index contributed by atoms with van der Waals surface area (Å²) < 4.78 is 11.9. The van der Waals surface area contributed by atoms with Gasteiger partial charge in [-0.3, -0.25) is 0 Å². The lowest BCUT2D eigenvalue weighted by Crippen LogP contribution is -2.04. The molecule has 0 aliphatic carbocycles. The first kappa shape index (κ1) is 15.3. The molecule has 118 valence electrons. The van der Waals surface area contributed by atoms with E-state index in [9.17, 15) is 4.79 Å².